The van der Waals surface area contributed by atoms with Crippen molar-refractivity contribution < 1.29 is 4.79 Å². The molecule has 1 aromatic rings. The fraction of sp³-hybridized carbons (Fsp3) is 0.500. The second kappa shape index (κ2) is 3.52. The van der Waals surface area contributed by atoms with Crippen molar-refractivity contribution in [3.63, 3.8) is 0 Å². The second-order valence-electron chi connectivity index (χ2n) is 4.16. The summed E-state index contributed by atoms with van der Waals surface area (Å²) in [5.41, 5.74) is 3.21. The van der Waals surface area contributed by atoms with Gasteiger partial charge in [-0.1, -0.05) is 13.8 Å². The van der Waals surface area contributed by atoms with Gasteiger partial charge in [0.25, 0.3) is 0 Å². The number of aromatic nitrogens is 1. The Bertz CT molecular complexity index is 369. The lowest BCUT2D eigenvalue weighted by atomic mass is 9.87. The van der Waals surface area contributed by atoms with Crippen LogP contribution in [0.2, 0.25) is 0 Å². The maximum absolute atomic E-state index is 11.6. The maximum atomic E-state index is 11.6. The Morgan fingerprint density at radius 3 is 2.86 bits per heavy atom. The minimum Gasteiger partial charge on any atom is -0.292 e. The number of Topliss-reactive ketones (excluding diaryl/α,β-unsaturated/α-hetero) is 1. The van der Waals surface area contributed by atoms with E-state index in [0.717, 1.165) is 18.5 Å². The normalized spacial score (nSPS) is 15.8. The molecule has 2 nitrogen and oxygen atoms in total. The molecule has 0 atom stereocenters. The lowest BCUT2D eigenvalue weighted by Crippen LogP contribution is -2.15. The Labute approximate surface area is 84.4 Å². The van der Waals surface area contributed by atoms with E-state index in [9.17, 15) is 4.79 Å². The van der Waals surface area contributed by atoms with E-state index >= 15 is 0 Å². The number of carbonyl (C=O) groups excluding carboxylic acids is 1. The molecule has 0 spiro atoms. The van der Waals surface area contributed by atoms with Crippen LogP contribution < -0.4 is 0 Å². The van der Waals surface area contributed by atoms with Gasteiger partial charge < -0.3 is 0 Å². The average molecular weight is 189 g/mol. The standard InChI is InChI=1S/C12H15NO/c1-8(2)9-6-7-13-12-10(9)4-3-5-11(12)14/h6-8H,3-5H2,1-2H3. The zero-order valence-electron chi connectivity index (χ0n) is 8.71. The van der Waals surface area contributed by atoms with Crippen LogP contribution in [0.4, 0.5) is 0 Å². The molecule has 0 amide bonds. The summed E-state index contributed by atoms with van der Waals surface area (Å²) in [6.45, 7) is 4.32. The highest BCUT2D eigenvalue weighted by molar-refractivity contribution is 5.96. The topological polar surface area (TPSA) is 30.0 Å². The third kappa shape index (κ3) is 1.45. The van der Waals surface area contributed by atoms with E-state index < -0.39 is 0 Å². The van der Waals surface area contributed by atoms with Crippen molar-refractivity contribution in [2.24, 2.45) is 0 Å². The van der Waals surface area contributed by atoms with Gasteiger partial charge in [-0.15, -0.1) is 0 Å². The van der Waals surface area contributed by atoms with Crippen molar-refractivity contribution in [2.45, 2.75) is 39.0 Å². The number of carbonyl (C=O) groups is 1. The van der Waals surface area contributed by atoms with E-state index in [1.165, 1.54) is 11.1 Å². The maximum Gasteiger partial charge on any atom is 0.181 e. The first-order chi connectivity index (χ1) is 6.70. The number of nitrogens with zero attached hydrogens (tertiary/aromatic N) is 1. The first-order valence-corrected chi connectivity index (χ1v) is 5.21. The Morgan fingerprint density at radius 2 is 2.14 bits per heavy atom. The lowest BCUT2D eigenvalue weighted by Gasteiger charge is -2.19. The van der Waals surface area contributed by atoms with E-state index in [2.05, 4.69) is 18.8 Å². The van der Waals surface area contributed by atoms with Gasteiger partial charge in [0.05, 0.1) is 0 Å². The summed E-state index contributed by atoms with van der Waals surface area (Å²) in [5, 5.41) is 0. The molecule has 0 saturated heterocycles. The molecule has 2 heteroatoms. The van der Waals surface area contributed by atoms with Crippen molar-refractivity contribution in [2.75, 3.05) is 0 Å². The fourth-order valence-electron chi connectivity index (χ4n) is 2.10. The number of hydrogen-bond donors (Lipinski definition) is 0. The van der Waals surface area contributed by atoms with E-state index in [1.807, 2.05) is 6.07 Å². The molecule has 74 valence electrons. The van der Waals surface area contributed by atoms with Crippen LogP contribution in [0.1, 0.15) is 54.2 Å². The zero-order chi connectivity index (χ0) is 10.1. The molecular weight excluding hydrogens is 174 g/mol. The molecule has 0 radical (unpaired) electrons. The average Bonchev–Trinajstić information content (AvgIpc) is 2.17. The highest BCUT2D eigenvalue weighted by Crippen LogP contribution is 2.27. The number of pyridine rings is 1. The van der Waals surface area contributed by atoms with Gasteiger partial charge in [0.1, 0.15) is 5.69 Å². The SMILES string of the molecule is CC(C)c1ccnc2c1CCCC2=O. The Morgan fingerprint density at radius 1 is 1.36 bits per heavy atom. The first-order valence-electron chi connectivity index (χ1n) is 5.21. The van der Waals surface area contributed by atoms with Crippen LogP contribution in [0.5, 0.6) is 0 Å². The van der Waals surface area contributed by atoms with Crippen molar-refractivity contribution in [1.29, 1.82) is 0 Å². The van der Waals surface area contributed by atoms with E-state index in [4.69, 9.17) is 0 Å². The van der Waals surface area contributed by atoms with Gasteiger partial charge in [-0.25, -0.2) is 0 Å². The minimum atomic E-state index is 0.216. The summed E-state index contributed by atoms with van der Waals surface area (Å²) in [4.78, 5) is 15.8. The molecule has 1 heterocycles. The van der Waals surface area contributed by atoms with Crippen molar-refractivity contribution in [3.05, 3.63) is 29.1 Å². The fourth-order valence-corrected chi connectivity index (χ4v) is 2.10. The van der Waals surface area contributed by atoms with Gasteiger partial charge in [0.2, 0.25) is 0 Å². The van der Waals surface area contributed by atoms with Crippen molar-refractivity contribution in [1.82, 2.24) is 4.98 Å². The monoisotopic (exact) mass is 189 g/mol. The molecule has 2 rings (SSSR count). The van der Waals surface area contributed by atoms with Gasteiger partial charge in [0, 0.05) is 12.6 Å². The summed E-state index contributed by atoms with van der Waals surface area (Å²) in [6.07, 6.45) is 4.43. The third-order valence-corrected chi connectivity index (χ3v) is 2.81. The van der Waals surface area contributed by atoms with Crippen LogP contribution in [0.25, 0.3) is 0 Å². The molecule has 1 aliphatic rings. The van der Waals surface area contributed by atoms with Crippen molar-refractivity contribution >= 4 is 5.78 Å². The summed E-state index contributed by atoms with van der Waals surface area (Å²) >= 11 is 0. The predicted octanol–water partition coefficient (Wildman–Crippen LogP) is 2.72. The molecule has 0 bridgehead atoms. The smallest absolute Gasteiger partial charge is 0.181 e. The molecule has 0 N–H and O–H groups in total. The lowest BCUT2D eigenvalue weighted by molar-refractivity contribution is 0.0967. The molecule has 14 heavy (non-hydrogen) atoms. The molecule has 0 unspecified atom stereocenters. The first kappa shape index (κ1) is 9.38. The van der Waals surface area contributed by atoms with Crippen LogP contribution in [0.15, 0.2) is 12.3 Å². The highest BCUT2D eigenvalue weighted by Gasteiger charge is 2.21. The van der Waals surface area contributed by atoms with E-state index in [-0.39, 0.29) is 5.78 Å². The largest absolute Gasteiger partial charge is 0.292 e. The molecule has 0 saturated carbocycles. The number of rotatable bonds is 1. The van der Waals surface area contributed by atoms with Gasteiger partial charge in [-0.05, 0) is 36.0 Å². The Hall–Kier alpha value is -1.18. The molecule has 1 aliphatic carbocycles. The van der Waals surface area contributed by atoms with E-state index in [1.54, 1.807) is 6.20 Å². The summed E-state index contributed by atoms with van der Waals surface area (Å²) in [6, 6.07) is 2.04. The minimum absolute atomic E-state index is 0.216. The Balaban J connectivity index is 2.55. The quantitative estimate of drug-likeness (QED) is 0.680. The van der Waals surface area contributed by atoms with Crippen LogP contribution in [-0.2, 0) is 6.42 Å². The zero-order valence-corrected chi connectivity index (χ0v) is 8.71. The predicted molar refractivity (Wildman–Crippen MR) is 55.6 cm³/mol. The highest BCUT2D eigenvalue weighted by atomic mass is 16.1. The number of ketones is 1. The molecule has 1 aromatic heterocycles. The summed E-state index contributed by atoms with van der Waals surface area (Å²) in [5.74, 6) is 0.700. The third-order valence-electron chi connectivity index (χ3n) is 2.81. The van der Waals surface area contributed by atoms with Gasteiger partial charge in [-0.3, -0.25) is 9.78 Å². The van der Waals surface area contributed by atoms with Gasteiger partial charge >= 0.3 is 0 Å². The second-order valence-corrected chi connectivity index (χ2v) is 4.16. The van der Waals surface area contributed by atoms with Gasteiger partial charge in [-0.2, -0.15) is 0 Å². The molecule has 0 fully saturated rings. The van der Waals surface area contributed by atoms with E-state index in [0.29, 0.717) is 12.3 Å². The number of fused-ring (bicyclic) bond motifs is 1. The molecular formula is C12H15NO. The van der Waals surface area contributed by atoms with Crippen LogP contribution in [0, 0.1) is 0 Å². The van der Waals surface area contributed by atoms with Crippen molar-refractivity contribution in [3.8, 4) is 0 Å². The summed E-state index contributed by atoms with van der Waals surface area (Å²) < 4.78 is 0. The van der Waals surface area contributed by atoms with Crippen LogP contribution in [0.3, 0.4) is 0 Å². The van der Waals surface area contributed by atoms with Gasteiger partial charge in [0.15, 0.2) is 5.78 Å². The van der Waals surface area contributed by atoms with Crippen LogP contribution >= 0.6 is 0 Å². The summed E-state index contributed by atoms with van der Waals surface area (Å²) in [7, 11) is 0. The Kier molecular flexibility index (Phi) is 2.36. The molecule has 0 aromatic carbocycles. The number of hydrogen-bond acceptors (Lipinski definition) is 2. The molecule has 0 aliphatic heterocycles. The van der Waals surface area contributed by atoms with Crippen LogP contribution in [-0.4, -0.2) is 10.8 Å².